The molecular weight excluding hydrogens is 276 g/mol. The number of primary amides is 1. The van der Waals surface area contributed by atoms with Gasteiger partial charge < -0.3 is 11.1 Å². The lowest BCUT2D eigenvalue weighted by molar-refractivity contribution is -0.116. The molecule has 22 heavy (non-hydrogen) atoms. The van der Waals surface area contributed by atoms with Crippen LogP contribution in [0.5, 0.6) is 0 Å². The third-order valence-corrected chi connectivity index (χ3v) is 3.21. The first-order valence-corrected chi connectivity index (χ1v) is 6.96. The molecule has 0 spiro atoms. The minimum absolute atomic E-state index is 0.167. The molecule has 2 aromatic rings. The van der Waals surface area contributed by atoms with E-state index in [2.05, 4.69) is 5.32 Å². The van der Waals surface area contributed by atoms with E-state index in [1.807, 2.05) is 31.2 Å². The summed E-state index contributed by atoms with van der Waals surface area (Å²) in [6.45, 7) is 2.42. The second-order valence-corrected chi connectivity index (χ2v) is 5.02. The first-order chi connectivity index (χ1) is 10.5. The van der Waals surface area contributed by atoms with Crippen LogP contribution in [0.25, 0.3) is 6.08 Å². The van der Waals surface area contributed by atoms with Crippen molar-refractivity contribution in [3.05, 3.63) is 76.9 Å². The molecule has 0 atom stereocenters. The minimum atomic E-state index is -0.461. The molecule has 3 N–H and O–H groups in total. The van der Waals surface area contributed by atoms with E-state index < -0.39 is 5.91 Å². The van der Waals surface area contributed by atoms with Gasteiger partial charge in [0.15, 0.2) is 0 Å². The van der Waals surface area contributed by atoms with Crippen molar-refractivity contribution in [2.24, 2.45) is 5.73 Å². The van der Waals surface area contributed by atoms with Crippen molar-refractivity contribution in [3.63, 3.8) is 0 Å². The van der Waals surface area contributed by atoms with Crippen molar-refractivity contribution in [2.45, 2.75) is 13.5 Å². The number of nitrogens with two attached hydrogens (primary N) is 1. The molecule has 112 valence electrons. The number of carbonyl (C=O) groups excluding carboxylic acids is 2. The van der Waals surface area contributed by atoms with Gasteiger partial charge in [-0.3, -0.25) is 9.59 Å². The van der Waals surface area contributed by atoms with E-state index in [-0.39, 0.29) is 5.91 Å². The number of hydrogen-bond acceptors (Lipinski definition) is 2. The highest BCUT2D eigenvalue weighted by Gasteiger charge is 2.01. The topological polar surface area (TPSA) is 72.2 Å². The molecule has 0 saturated carbocycles. The van der Waals surface area contributed by atoms with Gasteiger partial charge in [0.05, 0.1) is 0 Å². The summed E-state index contributed by atoms with van der Waals surface area (Å²) in [5.41, 5.74) is 8.69. The summed E-state index contributed by atoms with van der Waals surface area (Å²) in [4.78, 5) is 22.7. The summed E-state index contributed by atoms with van der Waals surface area (Å²) in [6, 6.07) is 14.7. The van der Waals surface area contributed by atoms with Gasteiger partial charge in [0.2, 0.25) is 11.8 Å². The average Bonchev–Trinajstić information content (AvgIpc) is 2.52. The molecule has 0 fully saturated rings. The van der Waals surface area contributed by atoms with Crippen LogP contribution >= 0.6 is 0 Å². The lowest BCUT2D eigenvalue weighted by atomic mass is 10.1. The summed E-state index contributed by atoms with van der Waals surface area (Å²) < 4.78 is 0. The molecule has 2 amide bonds. The predicted octanol–water partition coefficient (Wildman–Crippen LogP) is 2.42. The highest BCUT2D eigenvalue weighted by atomic mass is 16.1. The van der Waals surface area contributed by atoms with Gasteiger partial charge in [-0.2, -0.15) is 0 Å². The molecule has 0 radical (unpaired) electrons. The van der Waals surface area contributed by atoms with Gasteiger partial charge >= 0.3 is 0 Å². The number of nitrogens with one attached hydrogen (secondary N) is 1. The quantitative estimate of drug-likeness (QED) is 0.831. The third kappa shape index (κ3) is 4.59. The first kappa shape index (κ1) is 15.5. The second-order valence-electron chi connectivity index (χ2n) is 5.02. The van der Waals surface area contributed by atoms with Gasteiger partial charge in [-0.25, -0.2) is 0 Å². The summed E-state index contributed by atoms with van der Waals surface area (Å²) in [5.74, 6) is -0.629. The molecule has 4 nitrogen and oxygen atoms in total. The fraction of sp³-hybridized carbons (Fsp3) is 0.111. The minimum Gasteiger partial charge on any atom is -0.366 e. The number of benzene rings is 2. The molecule has 0 aromatic heterocycles. The van der Waals surface area contributed by atoms with Crippen LogP contribution in [0.2, 0.25) is 0 Å². The number of hydrogen-bond donors (Lipinski definition) is 2. The Morgan fingerprint density at radius 3 is 2.27 bits per heavy atom. The van der Waals surface area contributed by atoms with Crippen molar-refractivity contribution in [2.75, 3.05) is 0 Å². The van der Waals surface area contributed by atoms with Crippen LogP contribution in [0.4, 0.5) is 0 Å². The van der Waals surface area contributed by atoms with Crippen LogP contribution in [-0.4, -0.2) is 11.8 Å². The second kappa shape index (κ2) is 7.22. The Labute approximate surface area is 129 Å². The summed E-state index contributed by atoms with van der Waals surface area (Å²) in [7, 11) is 0. The van der Waals surface area contributed by atoms with E-state index in [0.717, 1.165) is 11.1 Å². The molecular formula is C18H18N2O2. The summed E-state index contributed by atoms with van der Waals surface area (Å²) >= 11 is 0. The maximum Gasteiger partial charge on any atom is 0.248 e. The molecule has 0 aliphatic carbocycles. The van der Waals surface area contributed by atoms with Crippen LogP contribution in [0.3, 0.4) is 0 Å². The standard InChI is InChI=1S/C18H18N2O2/c1-13-2-4-14(5-3-13)8-11-17(21)20-12-15-6-9-16(10-7-15)18(19)22/h2-11H,12H2,1H3,(H2,19,22)(H,20,21)/b11-8+. The van der Waals surface area contributed by atoms with Crippen molar-refractivity contribution < 1.29 is 9.59 Å². The third-order valence-electron chi connectivity index (χ3n) is 3.21. The van der Waals surface area contributed by atoms with Crippen LogP contribution < -0.4 is 11.1 Å². The van der Waals surface area contributed by atoms with Crippen LogP contribution in [0.1, 0.15) is 27.0 Å². The molecule has 0 bridgehead atoms. The van der Waals surface area contributed by atoms with Gasteiger partial charge in [-0.05, 0) is 36.3 Å². The van der Waals surface area contributed by atoms with Crippen LogP contribution in [-0.2, 0) is 11.3 Å². The molecule has 0 heterocycles. The number of rotatable bonds is 5. The fourth-order valence-corrected chi connectivity index (χ4v) is 1.88. The maximum atomic E-state index is 11.8. The van der Waals surface area contributed by atoms with Crippen LogP contribution in [0, 0.1) is 6.92 Å². The van der Waals surface area contributed by atoms with Crippen LogP contribution in [0.15, 0.2) is 54.6 Å². The molecule has 2 aromatic carbocycles. The molecule has 4 heteroatoms. The van der Waals surface area contributed by atoms with Gasteiger partial charge in [0, 0.05) is 18.2 Å². The first-order valence-electron chi connectivity index (χ1n) is 6.96. The van der Waals surface area contributed by atoms with E-state index in [4.69, 9.17) is 5.73 Å². The summed E-state index contributed by atoms with van der Waals surface area (Å²) in [6.07, 6.45) is 3.27. The van der Waals surface area contributed by atoms with Gasteiger partial charge in [0.1, 0.15) is 0 Å². The fourth-order valence-electron chi connectivity index (χ4n) is 1.88. The summed E-state index contributed by atoms with van der Waals surface area (Å²) in [5, 5.41) is 2.79. The van der Waals surface area contributed by atoms with Gasteiger partial charge in [0.25, 0.3) is 0 Å². The Bertz CT molecular complexity index is 686. The zero-order valence-corrected chi connectivity index (χ0v) is 12.4. The number of aryl methyl sites for hydroxylation is 1. The Morgan fingerprint density at radius 2 is 1.68 bits per heavy atom. The Kier molecular flexibility index (Phi) is 5.09. The highest BCUT2D eigenvalue weighted by Crippen LogP contribution is 2.05. The zero-order chi connectivity index (χ0) is 15.9. The van der Waals surface area contributed by atoms with Gasteiger partial charge in [-0.15, -0.1) is 0 Å². The smallest absolute Gasteiger partial charge is 0.248 e. The lowest BCUT2D eigenvalue weighted by Gasteiger charge is -2.03. The number of amides is 2. The van der Waals surface area contributed by atoms with Crippen molar-refractivity contribution in [1.29, 1.82) is 0 Å². The predicted molar refractivity (Wildman–Crippen MR) is 87.0 cm³/mol. The highest BCUT2D eigenvalue weighted by molar-refractivity contribution is 5.93. The largest absolute Gasteiger partial charge is 0.366 e. The Balaban J connectivity index is 1.87. The van der Waals surface area contributed by atoms with E-state index in [0.29, 0.717) is 12.1 Å². The van der Waals surface area contributed by atoms with Gasteiger partial charge in [-0.1, -0.05) is 42.0 Å². The Hall–Kier alpha value is -2.88. The monoisotopic (exact) mass is 294 g/mol. The maximum absolute atomic E-state index is 11.8. The van der Waals surface area contributed by atoms with E-state index in [1.165, 1.54) is 11.6 Å². The molecule has 2 rings (SSSR count). The zero-order valence-electron chi connectivity index (χ0n) is 12.4. The van der Waals surface area contributed by atoms with Crippen molar-refractivity contribution >= 4 is 17.9 Å². The number of carbonyl (C=O) groups is 2. The molecule has 0 saturated heterocycles. The average molecular weight is 294 g/mol. The lowest BCUT2D eigenvalue weighted by Crippen LogP contribution is -2.20. The molecule has 0 unspecified atom stereocenters. The van der Waals surface area contributed by atoms with Crippen molar-refractivity contribution in [3.8, 4) is 0 Å². The SMILES string of the molecule is Cc1ccc(/C=C/C(=O)NCc2ccc(C(N)=O)cc2)cc1. The normalized spacial score (nSPS) is 10.6. The van der Waals surface area contributed by atoms with E-state index in [1.54, 1.807) is 30.3 Å². The van der Waals surface area contributed by atoms with E-state index in [9.17, 15) is 9.59 Å². The Morgan fingerprint density at radius 1 is 1.05 bits per heavy atom. The molecule has 0 aliphatic heterocycles. The molecule has 0 aliphatic rings. The van der Waals surface area contributed by atoms with E-state index >= 15 is 0 Å². The van der Waals surface area contributed by atoms with Crippen molar-refractivity contribution in [1.82, 2.24) is 5.32 Å².